The summed E-state index contributed by atoms with van der Waals surface area (Å²) in [7, 11) is 1.54. The minimum absolute atomic E-state index is 0.243. The SMILES string of the molecule is COCc1cc(N2CCN(C(=O)OC(C)(C)C)CC2)ccc1C(=O)O. The molecule has 0 saturated carbocycles. The molecule has 0 bridgehead atoms. The van der Waals surface area contributed by atoms with Gasteiger partial charge in [-0.25, -0.2) is 9.59 Å². The number of rotatable bonds is 4. The van der Waals surface area contributed by atoms with Crippen LogP contribution in [0.4, 0.5) is 10.5 Å². The Morgan fingerprint density at radius 1 is 1.16 bits per heavy atom. The molecule has 0 spiro atoms. The van der Waals surface area contributed by atoms with Crippen LogP contribution in [0.25, 0.3) is 0 Å². The van der Waals surface area contributed by atoms with E-state index in [1.165, 1.54) is 7.11 Å². The van der Waals surface area contributed by atoms with Crippen LogP contribution < -0.4 is 4.90 Å². The fourth-order valence-corrected chi connectivity index (χ4v) is 2.73. The van der Waals surface area contributed by atoms with E-state index in [1.807, 2.05) is 26.8 Å². The van der Waals surface area contributed by atoms with Crippen molar-refractivity contribution in [1.29, 1.82) is 0 Å². The average molecular weight is 350 g/mol. The average Bonchev–Trinajstić information content (AvgIpc) is 2.53. The zero-order chi connectivity index (χ0) is 18.6. The third-order valence-electron chi connectivity index (χ3n) is 3.92. The molecule has 138 valence electrons. The van der Waals surface area contributed by atoms with Gasteiger partial charge in [-0.1, -0.05) is 0 Å². The lowest BCUT2D eigenvalue weighted by atomic mass is 10.1. The van der Waals surface area contributed by atoms with Gasteiger partial charge < -0.3 is 24.4 Å². The number of anilines is 1. The number of amides is 1. The van der Waals surface area contributed by atoms with Crippen LogP contribution in [-0.2, 0) is 16.1 Å². The summed E-state index contributed by atoms with van der Waals surface area (Å²) >= 11 is 0. The third kappa shape index (κ3) is 5.09. The zero-order valence-corrected chi connectivity index (χ0v) is 15.2. The second-order valence-electron chi connectivity index (χ2n) is 7.03. The first-order valence-electron chi connectivity index (χ1n) is 8.29. The molecule has 1 N–H and O–H groups in total. The van der Waals surface area contributed by atoms with Crippen molar-refractivity contribution in [3.05, 3.63) is 29.3 Å². The minimum Gasteiger partial charge on any atom is -0.478 e. The van der Waals surface area contributed by atoms with E-state index in [-0.39, 0.29) is 18.3 Å². The van der Waals surface area contributed by atoms with Crippen LogP contribution in [0.15, 0.2) is 18.2 Å². The normalized spacial score (nSPS) is 15.2. The molecule has 0 atom stereocenters. The molecule has 7 heteroatoms. The van der Waals surface area contributed by atoms with Crippen LogP contribution in [-0.4, -0.2) is 61.0 Å². The zero-order valence-electron chi connectivity index (χ0n) is 15.2. The first kappa shape index (κ1) is 19.1. The molecule has 0 radical (unpaired) electrons. The molecular formula is C18H26N2O5. The van der Waals surface area contributed by atoms with Gasteiger partial charge in [0.2, 0.25) is 0 Å². The van der Waals surface area contributed by atoms with Gasteiger partial charge in [0, 0.05) is 39.0 Å². The molecule has 1 heterocycles. The van der Waals surface area contributed by atoms with Gasteiger partial charge in [0.25, 0.3) is 0 Å². The van der Waals surface area contributed by atoms with Gasteiger partial charge in [-0.2, -0.15) is 0 Å². The van der Waals surface area contributed by atoms with Crippen molar-refractivity contribution in [3.63, 3.8) is 0 Å². The second kappa shape index (κ2) is 7.74. The van der Waals surface area contributed by atoms with E-state index < -0.39 is 11.6 Å². The maximum absolute atomic E-state index is 12.1. The largest absolute Gasteiger partial charge is 0.478 e. The van der Waals surface area contributed by atoms with Crippen LogP contribution in [0.3, 0.4) is 0 Å². The maximum atomic E-state index is 12.1. The van der Waals surface area contributed by atoms with E-state index in [0.717, 1.165) is 5.69 Å². The quantitative estimate of drug-likeness (QED) is 0.899. The molecule has 1 amide bonds. The van der Waals surface area contributed by atoms with Crippen molar-refractivity contribution in [3.8, 4) is 0 Å². The first-order valence-corrected chi connectivity index (χ1v) is 8.29. The highest BCUT2D eigenvalue weighted by Crippen LogP contribution is 2.22. The summed E-state index contributed by atoms with van der Waals surface area (Å²) in [5.41, 5.74) is 1.32. The number of carbonyl (C=O) groups is 2. The summed E-state index contributed by atoms with van der Waals surface area (Å²) in [5.74, 6) is -0.964. The van der Waals surface area contributed by atoms with Gasteiger partial charge in [-0.05, 0) is 44.5 Å². The number of hydrogen-bond donors (Lipinski definition) is 1. The first-order chi connectivity index (χ1) is 11.7. The minimum atomic E-state index is -0.964. The molecule has 25 heavy (non-hydrogen) atoms. The Hall–Kier alpha value is -2.28. The highest BCUT2D eigenvalue weighted by molar-refractivity contribution is 5.90. The van der Waals surface area contributed by atoms with E-state index in [1.54, 1.807) is 17.0 Å². The van der Waals surface area contributed by atoms with Crippen molar-refractivity contribution in [2.75, 3.05) is 38.2 Å². The van der Waals surface area contributed by atoms with Crippen molar-refractivity contribution in [1.82, 2.24) is 4.90 Å². The third-order valence-corrected chi connectivity index (χ3v) is 3.92. The molecule has 1 aliphatic rings. The van der Waals surface area contributed by atoms with E-state index in [4.69, 9.17) is 9.47 Å². The molecule has 1 saturated heterocycles. The topological polar surface area (TPSA) is 79.3 Å². The molecule has 2 rings (SSSR count). The summed E-state index contributed by atoms with van der Waals surface area (Å²) in [6.07, 6.45) is -0.298. The van der Waals surface area contributed by atoms with E-state index in [0.29, 0.717) is 31.7 Å². The maximum Gasteiger partial charge on any atom is 0.410 e. The van der Waals surface area contributed by atoms with Crippen molar-refractivity contribution < 1.29 is 24.2 Å². The van der Waals surface area contributed by atoms with E-state index in [9.17, 15) is 14.7 Å². The Morgan fingerprint density at radius 2 is 1.80 bits per heavy atom. The van der Waals surface area contributed by atoms with Gasteiger partial charge in [-0.3, -0.25) is 0 Å². The Morgan fingerprint density at radius 3 is 2.32 bits per heavy atom. The number of carboxylic acids is 1. The van der Waals surface area contributed by atoms with Crippen LogP contribution in [0.5, 0.6) is 0 Å². The molecule has 0 unspecified atom stereocenters. The summed E-state index contributed by atoms with van der Waals surface area (Å²) in [6.45, 7) is 8.25. The second-order valence-corrected chi connectivity index (χ2v) is 7.03. The molecule has 0 aromatic heterocycles. The fourth-order valence-electron chi connectivity index (χ4n) is 2.73. The predicted octanol–water partition coefficient (Wildman–Crippen LogP) is 2.59. The number of nitrogens with zero attached hydrogens (tertiary/aromatic N) is 2. The highest BCUT2D eigenvalue weighted by Gasteiger charge is 2.26. The Labute approximate surface area is 148 Å². The van der Waals surface area contributed by atoms with E-state index >= 15 is 0 Å². The number of benzene rings is 1. The number of aromatic carboxylic acids is 1. The smallest absolute Gasteiger partial charge is 0.410 e. The Balaban J connectivity index is 2.04. The molecule has 1 aliphatic heterocycles. The van der Waals surface area contributed by atoms with Gasteiger partial charge in [0.1, 0.15) is 5.60 Å². The van der Waals surface area contributed by atoms with Gasteiger partial charge >= 0.3 is 12.1 Å². The van der Waals surface area contributed by atoms with Crippen molar-refractivity contribution >= 4 is 17.7 Å². The highest BCUT2D eigenvalue weighted by atomic mass is 16.6. The van der Waals surface area contributed by atoms with Crippen molar-refractivity contribution in [2.24, 2.45) is 0 Å². The van der Waals surface area contributed by atoms with E-state index in [2.05, 4.69) is 4.90 Å². The molecule has 1 fully saturated rings. The lowest BCUT2D eigenvalue weighted by Crippen LogP contribution is -2.50. The van der Waals surface area contributed by atoms with Crippen LogP contribution >= 0.6 is 0 Å². The lowest BCUT2D eigenvalue weighted by Gasteiger charge is -2.37. The number of carboxylic acid groups (broad SMARTS) is 1. The summed E-state index contributed by atoms with van der Waals surface area (Å²) < 4.78 is 10.5. The number of piperazine rings is 1. The van der Waals surface area contributed by atoms with Crippen LogP contribution in [0.2, 0.25) is 0 Å². The number of methoxy groups -OCH3 is 1. The van der Waals surface area contributed by atoms with Gasteiger partial charge in [0.15, 0.2) is 0 Å². The molecular weight excluding hydrogens is 324 g/mol. The number of carbonyl (C=O) groups excluding carboxylic acids is 1. The molecule has 0 aliphatic carbocycles. The Kier molecular flexibility index (Phi) is 5.89. The predicted molar refractivity (Wildman–Crippen MR) is 94.1 cm³/mol. The summed E-state index contributed by atoms with van der Waals surface area (Å²) in [4.78, 5) is 27.2. The fraction of sp³-hybridized carbons (Fsp3) is 0.556. The standard InChI is InChI=1S/C18H26N2O5/c1-18(2,3)25-17(23)20-9-7-19(8-10-20)14-5-6-15(16(21)22)13(11-14)12-24-4/h5-6,11H,7-10,12H2,1-4H3,(H,21,22). The molecule has 1 aromatic carbocycles. The summed E-state index contributed by atoms with van der Waals surface area (Å²) in [5, 5.41) is 9.25. The monoisotopic (exact) mass is 350 g/mol. The van der Waals surface area contributed by atoms with Crippen molar-refractivity contribution in [2.45, 2.75) is 33.0 Å². The molecule has 1 aromatic rings. The molecule has 7 nitrogen and oxygen atoms in total. The number of ether oxygens (including phenoxy) is 2. The Bertz CT molecular complexity index is 631. The lowest BCUT2D eigenvalue weighted by molar-refractivity contribution is 0.0240. The summed E-state index contributed by atoms with van der Waals surface area (Å²) in [6, 6.07) is 5.24. The van der Waals surface area contributed by atoms with Crippen LogP contribution in [0, 0.1) is 0 Å². The van der Waals surface area contributed by atoms with Gasteiger partial charge in [-0.15, -0.1) is 0 Å². The van der Waals surface area contributed by atoms with Gasteiger partial charge in [0.05, 0.1) is 12.2 Å². The number of hydrogen-bond acceptors (Lipinski definition) is 5. The van der Waals surface area contributed by atoms with Crippen LogP contribution in [0.1, 0.15) is 36.7 Å².